The lowest BCUT2D eigenvalue weighted by atomic mass is 9.98. The summed E-state index contributed by atoms with van der Waals surface area (Å²) in [7, 11) is 0. The molecular weight excluding hydrogens is 787 g/mol. The number of aryl methyl sites for hydroxylation is 1. The number of tetrazole rings is 1. The first kappa shape index (κ1) is 39.6. The number of nitrogens with one attached hydrogen (secondary N) is 3. The summed E-state index contributed by atoms with van der Waals surface area (Å²) in [5, 5.41) is 16.0. The molecule has 7 aromatic rings. The van der Waals surface area contributed by atoms with Crippen LogP contribution >= 0.6 is 23.5 Å². The topological polar surface area (TPSA) is 183 Å². The number of hydrogen-bond acceptors (Lipinski definition) is 12. The van der Waals surface area contributed by atoms with Gasteiger partial charge < -0.3 is 19.0 Å². The number of hydrogen-bond donors (Lipinski definition) is 3. The van der Waals surface area contributed by atoms with E-state index in [2.05, 4.69) is 75.1 Å². The summed E-state index contributed by atoms with van der Waals surface area (Å²) in [5.41, 5.74) is 7.67. The predicted molar refractivity (Wildman–Crippen MR) is 226 cm³/mol. The second kappa shape index (κ2) is 17.7. The Morgan fingerprint density at radius 1 is 0.949 bits per heavy atom. The Morgan fingerprint density at radius 3 is 2.44 bits per heavy atom. The van der Waals surface area contributed by atoms with Gasteiger partial charge in [-0.05, 0) is 84.5 Å². The summed E-state index contributed by atoms with van der Waals surface area (Å²) in [4.78, 5) is 51.4. The molecule has 300 valence electrons. The Bertz CT molecular complexity index is 2610. The summed E-state index contributed by atoms with van der Waals surface area (Å²) in [6, 6.07) is 29.8. The standard InChI is InChI=1S/C43H41N9O5S2/c1-4-8-37-46-38(39(42(54)56-5-2)52(37)23-27-11-15-28(16-12-27)31-9-6-7-10-32(31)40-48-50-51-49-40)25(3)58-30-19-20-33-34(22-30)45-36(44-33)24-57-29-17-13-26(14-18-29)21-35-41(53)47-43(55)59-35/h6-7,9-20,22,25,35H,4-5,8,21,23-24H2,1-3H3,(H,44,45)(H,47,53,55)(H,48,49,50,51). The van der Waals surface area contributed by atoms with Gasteiger partial charge in [0.05, 0.1) is 33.8 Å². The molecular formula is C43H41N9O5S2. The molecule has 2 amide bonds. The Morgan fingerprint density at radius 2 is 1.73 bits per heavy atom. The first-order valence-corrected chi connectivity index (χ1v) is 21.1. The van der Waals surface area contributed by atoms with Crippen LogP contribution in [0, 0.1) is 0 Å². The number of rotatable bonds is 16. The van der Waals surface area contributed by atoms with Crippen LogP contribution in [-0.4, -0.2) is 69.1 Å². The highest BCUT2D eigenvalue weighted by Crippen LogP contribution is 2.38. The first-order chi connectivity index (χ1) is 28.8. The van der Waals surface area contributed by atoms with Crippen molar-refractivity contribution in [2.24, 2.45) is 0 Å². The van der Waals surface area contributed by atoms with E-state index in [-0.39, 0.29) is 29.6 Å². The lowest BCUT2D eigenvalue weighted by Gasteiger charge is -2.15. The zero-order valence-corrected chi connectivity index (χ0v) is 34.2. The minimum atomic E-state index is -0.415. The van der Waals surface area contributed by atoms with Crippen LogP contribution in [0.3, 0.4) is 0 Å². The van der Waals surface area contributed by atoms with Crippen LogP contribution in [0.2, 0.25) is 0 Å². The predicted octanol–water partition coefficient (Wildman–Crippen LogP) is 8.11. The van der Waals surface area contributed by atoms with E-state index in [4.69, 9.17) is 19.4 Å². The average molecular weight is 828 g/mol. The minimum Gasteiger partial charge on any atom is -0.486 e. The number of H-pyrrole nitrogens is 2. The van der Waals surface area contributed by atoms with Crippen molar-refractivity contribution in [2.45, 2.75) is 68.6 Å². The number of thioether (sulfide) groups is 2. The molecule has 0 aliphatic carbocycles. The fourth-order valence-corrected chi connectivity index (χ4v) is 8.91. The second-order valence-corrected chi connectivity index (χ2v) is 16.5. The number of imidazole rings is 2. The summed E-state index contributed by atoms with van der Waals surface area (Å²) in [6.07, 6.45) is 2.03. The summed E-state index contributed by atoms with van der Waals surface area (Å²) < 4.78 is 13.7. The molecule has 3 N–H and O–H groups in total. The van der Waals surface area contributed by atoms with Gasteiger partial charge in [-0.15, -0.1) is 22.0 Å². The van der Waals surface area contributed by atoms with E-state index < -0.39 is 11.2 Å². The van der Waals surface area contributed by atoms with Gasteiger partial charge in [-0.3, -0.25) is 14.9 Å². The second-order valence-electron chi connectivity index (χ2n) is 13.9. The van der Waals surface area contributed by atoms with Crippen LogP contribution in [0.15, 0.2) is 95.9 Å². The SMILES string of the molecule is CCCc1nc(C(C)Sc2ccc3nc(COc4ccc(CC5SC(=O)NC5=O)cc4)[nH]c3c2)c(C(=O)OCC)n1Cc1ccc(-c2ccccc2-c2nn[nH]n2)cc1. The average Bonchev–Trinajstić information content (AvgIpc) is 4.05. The number of fused-ring (bicyclic) bond motifs is 1. The molecule has 59 heavy (non-hydrogen) atoms. The molecule has 2 atom stereocenters. The monoisotopic (exact) mass is 827 g/mol. The van der Waals surface area contributed by atoms with Gasteiger partial charge in [-0.2, -0.15) is 5.21 Å². The molecule has 4 aromatic carbocycles. The zero-order chi connectivity index (χ0) is 40.9. The number of nitrogens with zero attached hydrogens (tertiary/aromatic N) is 6. The van der Waals surface area contributed by atoms with Crippen molar-refractivity contribution < 1.29 is 23.9 Å². The van der Waals surface area contributed by atoms with Crippen LogP contribution in [-0.2, 0) is 35.5 Å². The molecule has 0 saturated carbocycles. The highest BCUT2D eigenvalue weighted by atomic mass is 32.2. The van der Waals surface area contributed by atoms with E-state index >= 15 is 0 Å². The number of aromatic nitrogens is 8. The third kappa shape index (κ3) is 8.93. The van der Waals surface area contributed by atoms with Crippen molar-refractivity contribution >= 4 is 51.7 Å². The van der Waals surface area contributed by atoms with E-state index in [1.807, 2.05) is 72.2 Å². The molecule has 1 aliphatic rings. The van der Waals surface area contributed by atoms with Crippen molar-refractivity contribution in [2.75, 3.05) is 6.61 Å². The number of carbonyl (C=O) groups excluding carboxylic acids is 3. The van der Waals surface area contributed by atoms with Gasteiger partial charge in [-0.25, -0.2) is 14.8 Å². The number of benzene rings is 4. The van der Waals surface area contributed by atoms with Gasteiger partial charge in [0.25, 0.3) is 5.24 Å². The van der Waals surface area contributed by atoms with Crippen molar-refractivity contribution in [3.05, 3.63) is 125 Å². The maximum absolute atomic E-state index is 13.7. The Labute approximate surface area is 348 Å². The quantitative estimate of drug-likeness (QED) is 0.0630. The van der Waals surface area contributed by atoms with Gasteiger partial charge in [0, 0.05) is 23.4 Å². The largest absolute Gasteiger partial charge is 0.486 e. The van der Waals surface area contributed by atoms with Crippen LogP contribution < -0.4 is 10.1 Å². The molecule has 0 bridgehead atoms. The van der Waals surface area contributed by atoms with Crippen molar-refractivity contribution in [3.8, 4) is 28.3 Å². The lowest BCUT2D eigenvalue weighted by Crippen LogP contribution is -2.25. The van der Waals surface area contributed by atoms with Crippen LogP contribution in [0.1, 0.15) is 71.4 Å². The molecule has 0 spiro atoms. The zero-order valence-electron chi connectivity index (χ0n) is 32.6. The minimum absolute atomic E-state index is 0.177. The van der Waals surface area contributed by atoms with Crippen molar-refractivity contribution in [1.29, 1.82) is 0 Å². The van der Waals surface area contributed by atoms with Gasteiger partial charge in [0.1, 0.15) is 24.0 Å². The third-order valence-corrected chi connectivity index (χ3v) is 11.9. The maximum atomic E-state index is 13.7. The molecule has 14 nitrogen and oxygen atoms in total. The fraction of sp³-hybridized carbons (Fsp3) is 0.256. The smallest absolute Gasteiger partial charge is 0.356 e. The van der Waals surface area contributed by atoms with Crippen LogP contribution in [0.25, 0.3) is 33.5 Å². The lowest BCUT2D eigenvalue weighted by molar-refractivity contribution is -0.118. The van der Waals surface area contributed by atoms with E-state index in [0.717, 1.165) is 67.8 Å². The molecule has 1 aliphatic heterocycles. The number of imide groups is 1. The molecule has 1 saturated heterocycles. The van der Waals surface area contributed by atoms with E-state index in [1.165, 1.54) is 0 Å². The molecule has 16 heteroatoms. The fourth-order valence-electron chi connectivity index (χ4n) is 7.04. The van der Waals surface area contributed by atoms with Crippen LogP contribution in [0.5, 0.6) is 5.75 Å². The van der Waals surface area contributed by atoms with E-state index in [0.29, 0.717) is 48.2 Å². The Kier molecular flexibility index (Phi) is 11.9. The van der Waals surface area contributed by atoms with Gasteiger partial charge in [0.15, 0.2) is 5.69 Å². The molecule has 4 heterocycles. The number of aromatic amines is 2. The van der Waals surface area contributed by atoms with E-state index in [1.54, 1.807) is 11.8 Å². The third-order valence-electron chi connectivity index (χ3n) is 9.82. The summed E-state index contributed by atoms with van der Waals surface area (Å²) in [5.74, 6) is 2.06. The molecule has 8 rings (SSSR count). The molecule has 0 radical (unpaired) electrons. The number of esters is 1. The summed E-state index contributed by atoms with van der Waals surface area (Å²) in [6.45, 7) is 6.92. The van der Waals surface area contributed by atoms with E-state index in [9.17, 15) is 14.4 Å². The Balaban J connectivity index is 0.975. The van der Waals surface area contributed by atoms with Crippen molar-refractivity contribution in [3.63, 3.8) is 0 Å². The molecule has 1 fully saturated rings. The van der Waals surface area contributed by atoms with Gasteiger partial charge in [0.2, 0.25) is 11.7 Å². The normalized spacial score (nSPS) is 14.5. The highest BCUT2D eigenvalue weighted by molar-refractivity contribution is 8.15. The number of carbonyl (C=O) groups is 3. The number of amides is 2. The molecule has 3 aromatic heterocycles. The summed E-state index contributed by atoms with van der Waals surface area (Å²) >= 11 is 2.63. The van der Waals surface area contributed by atoms with Crippen molar-refractivity contribution in [1.82, 2.24) is 45.5 Å². The highest BCUT2D eigenvalue weighted by Gasteiger charge is 2.31. The van der Waals surface area contributed by atoms with Crippen LogP contribution in [0.4, 0.5) is 4.79 Å². The molecule has 2 unspecified atom stereocenters. The number of ether oxygens (including phenoxy) is 2. The maximum Gasteiger partial charge on any atom is 0.356 e. The van der Waals surface area contributed by atoms with Gasteiger partial charge >= 0.3 is 5.97 Å². The van der Waals surface area contributed by atoms with Gasteiger partial charge in [-0.1, -0.05) is 79.3 Å². The Hall–Kier alpha value is -6.26. The first-order valence-electron chi connectivity index (χ1n) is 19.3.